The van der Waals surface area contributed by atoms with Crippen LogP contribution in [0.3, 0.4) is 0 Å². The largest absolute Gasteiger partial charge is 0.314 e. The maximum Gasteiger partial charge on any atom is 0.137 e. The molecule has 2 rings (SSSR count). The fraction of sp³-hybridized carbons (Fsp3) is 0.600. The minimum atomic E-state index is -0.00171. The predicted octanol–water partition coefficient (Wildman–Crippen LogP) is 2.35. The van der Waals surface area contributed by atoms with E-state index in [2.05, 4.69) is 12.2 Å². The van der Waals surface area contributed by atoms with Crippen molar-refractivity contribution in [2.75, 3.05) is 7.05 Å². The van der Waals surface area contributed by atoms with Gasteiger partial charge in [-0.1, -0.05) is 0 Å². The van der Waals surface area contributed by atoms with Gasteiger partial charge in [-0.15, -0.1) is 11.3 Å². The Kier molecular flexibility index (Phi) is 2.16. The van der Waals surface area contributed by atoms with Gasteiger partial charge >= 0.3 is 0 Å². The molecule has 1 N–H and O–H groups in total. The summed E-state index contributed by atoms with van der Waals surface area (Å²) in [6, 6.07) is 0. The van der Waals surface area contributed by atoms with E-state index >= 15 is 0 Å². The van der Waals surface area contributed by atoms with Crippen molar-refractivity contribution in [2.24, 2.45) is 0 Å². The molecule has 1 aliphatic carbocycles. The summed E-state index contributed by atoms with van der Waals surface area (Å²) in [7, 11) is 1.98. The van der Waals surface area contributed by atoms with Crippen molar-refractivity contribution >= 4 is 11.3 Å². The third-order valence-corrected chi connectivity index (χ3v) is 4.01. The first-order chi connectivity index (χ1) is 6.14. The molecule has 0 fully saturated rings. The molecule has 0 saturated carbocycles. The Labute approximate surface area is 82.0 Å². The van der Waals surface area contributed by atoms with E-state index in [1.165, 1.54) is 4.88 Å². The summed E-state index contributed by atoms with van der Waals surface area (Å²) in [5.41, 5.74) is 1.13. The first-order valence-electron chi connectivity index (χ1n) is 4.58. The molecule has 0 bridgehead atoms. The predicted molar refractivity (Wildman–Crippen MR) is 53.8 cm³/mol. The second-order valence-corrected chi connectivity index (χ2v) is 4.94. The van der Waals surface area contributed by atoms with Gasteiger partial charge in [-0.05, 0) is 26.8 Å². The molecule has 0 amide bonds. The molecule has 1 aromatic heterocycles. The van der Waals surface area contributed by atoms with Crippen LogP contribution >= 0.6 is 11.3 Å². The molecule has 0 aromatic carbocycles. The van der Waals surface area contributed by atoms with E-state index in [1.807, 2.05) is 7.05 Å². The molecule has 1 unspecified atom stereocenters. The minimum absolute atomic E-state index is 0.00171. The lowest BCUT2D eigenvalue weighted by molar-refractivity contribution is 0.338. The highest BCUT2D eigenvalue weighted by Gasteiger charge is 2.30. The fourth-order valence-electron chi connectivity index (χ4n) is 1.86. The molecule has 0 saturated heterocycles. The summed E-state index contributed by atoms with van der Waals surface area (Å²) in [5, 5.41) is 4.95. The second kappa shape index (κ2) is 3.07. The molecule has 1 heterocycles. The molecule has 1 aliphatic rings. The number of halogens is 1. The standard InChI is InChI=1S/C10H14FNS/c1-10(12-2)4-3-7-8(11)6-13-9(7)5-10/h6,12H,3-5H2,1-2H3. The van der Waals surface area contributed by atoms with E-state index in [9.17, 15) is 4.39 Å². The maximum absolute atomic E-state index is 13.2. The first kappa shape index (κ1) is 9.16. The van der Waals surface area contributed by atoms with Gasteiger partial charge in [0.25, 0.3) is 0 Å². The molecule has 0 spiro atoms. The van der Waals surface area contributed by atoms with E-state index in [0.29, 0.717) is 0 Å². The van der Waals surface area contributed by atoms with Gasteiger partial charge < -0.3 is 5.32 Å². The number of fused-ring (bicyclic) bond motifs is 1. The highest BCUT2D eigenvalue weighted by Crippen LogP contribution is 2.33. The normalized spacial score (nSPS) is 27.3. The zero-order chi connectivity index (χ0) is 9.47. The summed E-state index contributed by atoms with van der Waals surface area (Å²) < 4.78 is 13.2. The summed E-state index contributed by atoms with van der Waals surface area (Å²) in [4.78, 5) is 1.22. The van der Waals surface area contributed by atoms with Crippen LogP contribution in [0.1, 0.15) is 23.8 Å². The average molecular weight is 199 g/mol. The lowest BCUT2D eigenvalue weighted by Crippen LogP contribution is -2.44. The van der Waals surface area contributed by atoms with Gasteiger partial charge in [-0.2, -0.15) is 0 Å². The van der Waals surface area contributed by atoms with Crippen molar-refractivity contribution in [1.29, 1.82) is 0 Å². The van der Waals surface area contributed by atoms with Crippen LogP contribution in [0, 0.1) is 5.82 Å². The van der Waals surface area contributed by atoms with Crippen LogP contribution in [0.5, 0.6) is 0 Å². The van der Waals surface area contributed by atoms with E-state index in [1.54, 1.807) is 16.7 Å². The van der Waals surface area contributed by atoms with Crippen LogP contribution in [0.25, 0.3) is 0 Å². The Morgan fingerprint density at radius 2 is 2.38 bits per heavy atom. The molecule has 0 radical (unpaired) electrons. The Morgan fingerprint density at radius 1 is 1.62 bits per heavy atom. The van der Waals surface area contributed by atoms with E-state index in [4.69, 9.17) is 0 Å². The van der Waals surface area contributed by atoms with Crippen LogP contribution < -0.4 is 5.32 Å². The molecular weight excluding hydrogens is 185 g/mol. The summed E-state index contributed by atoms with van der Waals surface area (Å²) in [5.74, 6) is -0.00171. The maximum atomic E-state index is 13.2. The van der Waals surface area contributed by atoms with Crippen molar-refractivity contribution in [3.8, 4) is 0 Å². The molecule has 1 atom stereocenters. The number of thiophene rings is 1. The second-order valence-electron chi connectivity index (χ2n) is 3.97. The number of hydrogen-bond acceptors (Lipinski definition) is 2. The van der Waals surface area contributed by atoms with E-state index in [-0.39, 0.29) is 11.4 Å². The van der Waals surface area contributed by atoms with Crippen LogP contribution in [0.4, 0.5) is 4.39 Å². The van der Waals surface area contributed by atoms with Crippen molar-refractivity contribution in [1.82, 2.24) is 5.32 Å². The molecule has 3 heteroatoms. The molecular formula is C10H14FNS. The van der Waals surface area contributed by atoms with Gasteiger partial charge in [0.2, 0.25) is 0 Å². The van der Waals surface area contributed by atoms with Crippen LogP contribution in [-0.2, 0) is 12.8 Å². The van der Waals surface area contributed by atoms with Gasteiger partial charge in [0.05, 0.1) is 0 Å². The number of nitrogens with one attached hydrogen (secondary N) is 1. The Morgan fingerprint density at radius 3 is 3.08 bits per heavy atom. The Bertz CT molecular complexity index is 321. The zero-order valence-corrected chi connectivity index (χ0v) is 8.80. The molecule has 1 aromatic rings. The van der Waals surface area contributed by atoms with Crippen molar-refractivity contribution in [3.05, 3.63) is 21.6 Å². The highest BCUT2D eigenvalue weighted by atomic mass is 32.1. The van der Waals surface area contributed by atoms with Gasteiger partial charge in [0.1, 0.15) is 5.82 Å². The number of hydrogen-bond donors (Lipinski definition) is 1. The van der Waals surface area contributed by atoms with Crippen LogP contribution in [0.15, 0.2) is 5.38 Å². The van der Waals surface area contributed by atoms with Crippen molar-refractivity contribution in [3.63, 3.8) is 0 Å². The highest BCUT2D eigenvalue weighted by molar-refractivity contribution is 7.10. The van der Waals surface area contributed by atoms with Crippen LogP contribution in [-0.4, -0.2) is 12.6 Å². The van der Waals surface area contributed by atoms with E-state index < -0.39 is 0 Å². The summed E-state index contributed by atoms with van der Waals surface area (Å²) in [6.07, 6.45) is 2.87. The Balaban J connectivity index is 2.30. The van der Waals surface area contributed by atoms with Gasteiger partial charge in [-0.3, -0.25) is 0 Å². The van der Waals surface area contributed by atoms with E-state index in [0.717, 1.165) is 24.8 Å². The quantitative estimate of drug-likeness (QED) is 0.732. The third-order valence-electron chi connectivity index (χ3n) is 3.01. The lowest BCUT2D eigenvalue weighted by Gasteiger charge is -2.33. The lowest BCUT2D eigenvalue weighted by atomic mass is 9.83. The first-order valence-corrected chi connectivity index (χ1v) is 5.46. The molecule has 0 aliphatic heterocycles. The van der Waals surface area contributed by atoms with Gasteiger partial charge in [-0.25, -0.2) is 4.39 Å². The molecule has 1 nitrogen and oxygen atoms in total. The summed E-state index contributed by atoms with van der Waals surface area (Å²) >= 11 is 1.55. The monoisotopic (exact) mass is 199 g/mol. The average Bonchev–Trinajstić information content (AvgIpc) is 2.47. The van der Waals surface area contributed by atoms with Crippen LogP contribution in [0.2, 0.25) is 0 Å². The fourth-order valence-corrected chi connectivity index (χ4v) is 2.99. The molecule has 13 heavy (non-hydrogen) atoms. The SMILES string of the molecule is CNC1(C)CCc2c(F)csc2C1. The molecule has 72 valence electrons. The smallest absolute Gasteiger partial charge is 0.137 e. The van der Waals surface area contributed by atoms with Gasteiger partial charge in [0, 0.05) is 27.8 Å². The number of rotatable bonds is 1. The minimum Gasteiger partial charge on any atom is -0.314 e. The van der Waals surface area contributed by atoms with Crippen molar-refractivity contribution in [2.45, 2.75) is 31.7 Å². The third kappa shape index (κ3) is 1.51. The van der Waals surface area contributed by atoms with Crippen molar-refractivity contribution < 1.29 is 4.39 Å². The zero-order valence-electron chi connectivity index (χ0n) is 7.98. The van der Waals surface area contributed by atoms with Gasteiger partial charge in [0.15, 0.2) is 0 Å². The Hall–Kier alpha value is -0.410. The number of likely N-dealkylation sites (N-methyl/N-ethyl adjacent to an activating group) is 1. The topological polar surface area (TPSA) is 12.0 Å². The summed E-state index contributed by atoms with van der Waals surface area (Å²) in [6.45, 7) is 2.20.